The lowest BCUT2D eigenvalue weighted by atomic mass is 10.2. The quantitative estimate of drug-likeness (QED) is 0.425. The summed E-state index contributed by atoms with van der Waals surface area (Å²) in [5.41, 5.74) is 3.75. The van der Waals surface area contributed by atoms with Crippen molar-refractivity contribution in [1.82, 2.24) is 30.0 Å². The highest BCUT2D eigenvalue weighted by atomic mass is 16.5. The molecule has 180 valence electrons. The average Bonchev–Trinajstić information content (AvgIpc) is 3.40. The van der Waals surface area contributed by atoms with Gasteiger partial charge in [-0.3, -0.25) is 19.8 Å². The second-order valence-electron chi connectivity index (χ2n) is 8.82. The van der Waals surface area contributed by atoms with Gasteiger partial charge in [0.1, 0.15) is 5.75 Å². The number of rotatable bonds is 7. The summed E-state index contributed by atoms with van der Waals surface area (Å²) in [5, 5.41) is 17.3. The zero-order valence-corrected chi connectivity index (χ0v) is 19.6. The van der Waals surface area contributed by atoms with Gasteiger partial charge in [0.2, 0.25) is 11.8 Å². The summed E-state index contributed by atoms with van der Waals surface area (Å²) < 4.78 is 5.94. The van der Waals surface area contributed by atoms with E-state index in [2.05, 4.69) is 26.1 Å². The van der Waals surface area contributed by atoms with Crippen molar-refractivity contribution < 1.29 is 14.6 Å². The Bertz CT molecular complexity index is 1280. The van der Waals surface area contributed by atoms with Gasteiger partial charge in [0.25, 0.3) is 0 Å². The number of carbonyl (C=O) groups is 1. The summed E-state index contributed by atoms with van der Waals surface area (Å²) in [5.74, 6) is 1.24. The Morgan fingerprint density at radius 3 is 2.69 bits per heavy atom. The van der Waals surface area contributed by atoms with Crippen LogP contribution >= 0.6 is 0 Å². The van der Waals surface area contributed by atoms with Gasteiger partial charge in [-0.1, -0.05) is 6.07 Å². The molecule has 35 heavy (non-hydrogen) atoms. The largest absolute Gasteiger partial charge is 0.439 e. The van der Waals surface area contributed by atoms with E-state index in [1.807, 2.05) is 47.4 Å². The number of amides is 1. The number of hydrogen-bond acceptors (Lipinski definition) is 7. The zero-order chi connectivity index (χ0) is 24.2. The van der Waals surface area contributed by atoms with E-state index in [9.17, 15) is 9.90 Å². The molecule has 4 aromatic rings. The third-order valence-electron chi connectivity index (χ3n) is 6.07. The molecule has 9 nitrogen and oxygen atoms in total. The molecule has 3 aromatic heterocycles. The van der Waals surface area contributed by atoms with Gasteiger partial charge in [-0.2, -0.15) is 5.10 Å². The molecule has 1 saturated heterocycles. The summed E-state index contributed by atoms with van der Waals surface area (Å²) >= 11 is 0. The lowest BCUT2D eigenvalue weighted by Gasteiger charge is -2.34. The maximum atomic E-state index is 12.1. The predicted octanol–water partition coefficient (Wildman–Crippen LogP) is 3.23. The fraction of sp³-hybridized carbons (Fsp3) is 0.308. The van der Waals surface area contributed by atoms with Crippen molar-refractivity contribution in [2.24, 2.45) is 0 Å². The van der Waals surface area contributed by atoms with Crippen LogP contribution in [0.5, 0.6) is 11.6 Å². The van der Waals surface area contributed by atoms with Crippen molar-refractivity contribution in [3.05, 3.63) is 66.6 Å². The third-order valence-corrected chi connectivity index (χ3v) is 6.07. The number of aliphatic hydroxyl groups excluding tert-OH is 1. The molecule has 0 saturated carbocycles. The number of hydrogen-bond donors (Lipinski definition) is 2. The molecule has 0 aliphatic carbocycles. The topological polar surface area (TPSA) is 107 Å². The SMILES string of the molecule is CC(O)CC(=O)N1CCN(Cc2ccc3cc(Oc4ccc(-c5ccn[nH]5)cn4)ccc3n2)CC1. The fourth-order valence-electron chi connectivity index (χ4n) is 4.20. The Kier molecular flexibility index (Phi) is 6.69. The number of fused-ring (bicyclic) bond motifs is 1. The predicted molar refractivity (Wildman–Crippen MR) is 132 cm³/mol. The van der Waals surface area contributed by atoms with Crippen molar-refractivity contribution in [2.45, 2.75) is 26.0 Å². The maximum absolute atomic E-state index is 12.1. The molecule has 2 N–H and O–H groups in total. The number of aliphatic hydroxyl groups is 1. The van der Waals surface area contributed by atoms with Crippen LogP contribution in [0, 0.1) is 0 Å². The molecule has 4 heterocycles. The van der Waals surface area contributed by atoms with E-state index in [1.165, 1.54) is 0 Å². The highest BCUT2D eigenvalue weighted by Gasteiger charge is 2.22. The Hall–Kier alpha value is -3.82. The number of piperazine rings is 1. The van der Waals surface area contributed by atoms with E-state index in [1.54, 1.807) is 19.3 Å². The Morgan fingerprint density at radius 2 is 1.97 bits per heavy atom. The molecule has 0 bridgehead atoms. The average molecular weight is 473 g/mol. The summed E-state index contributed by atoms with van der Waals surface area (Å²) in [6.45, 7) is 5.33. The van der Waals surface area contributed by atoms with Gasteiger partial charge in [-0.05, 0) is 43.3 Å². The van der Waals surface area contributed by atoms with Crippen LogP contribution in [0.25, 0.3) is 22.2 Å². The van der Waals surface area contributed by atoms with Gasteiger partial charge >= 0.3 is 0 Å². The number of pyridine rings is 2. The summed E-state index contributed by atoms with van der Waals surface area (Å²) in [7, 11) is 0. The summed E-state index contributed by atoms with van der Waals surface area (Å²) in [6, 6.07) is 15.6. The van der Waals surface area contributed by atoms with Gasteiger partial charge in [0, 0.05) is 62.1 Å². The highest BCUT2D eigenvalue weighted by molar-refractivity contribution is 5.80. The molecule has 5 rings (SSSR count). The molecule has 1 unspecified atom stereocenters. The smallest absolute Gasteiger partial charge is 0.225 e. The molecule has 1 atom stereocenters. The number of ether oxygens (including phenoxy) is 1. The van der Waals surface area contributed by atoms with Crippen LogP contribution in [-0.2, 0) is 11.3 Å². The number of aromatic amines is 1. The second-order valence-corrected chi connectivity index (χ2v) is 8.82. The number of benzene rings is 1. The van der Waals surface area contributed by atoms with E-state index in [0.717, 1.165) is 47.5 Å². The van der Waals surface area contributed by atoms with E-state index in [0.29, 0.717) is 24.7 Å². The van der Waals surface area contributed by atoms with Gasteiger partial charge in [0.15, 0.2) is 0 Å². The second kappa shape index (κ2) is 10.2. The van der Waals surface area contributed by atoms with Crippen molar-refractivity contribution >= 4 is 16.8 Å². The molecule has 1 aromatic carbocycles. The van der Waals surface area contributed by atoms with E-state index >= 15 is 0 Å². The normalized spacial score (nSPS) is 15.3. The first-order valence-electron chi connectivity index (χ1n) is 11.7. The molecule has 0 radical (unpaired) electrons. The van der Waals surface area contributed by atoms with Crippen LogP contribution in [0.4, 0.5) is 0 Å². The number of nitrogens with zero attached hydrogens (tertiary/aromatic N) is 5. The molecule has 1 aliphatic heterocycles. The minimum absolute atomic E-state index is 0.0189. The summed E-state index contributed by atoms with van der Waals surface area (Å²) in [6.07, 6.45) is 3.04. The number of H-pyrrole nitrogens is 1. The molecular formula is C26H28N6O3. The van der Waals surface area contributed by atoms with Crippen LogP contribution in [0.1, 0.15) is 19.0 Å². The van der Waals surface area contributed by atoms with Crippen molar-refractivity contribution in [2.75, 3.05) is 26.2 Å². The Labute approximate surface area is 203 Å². The molecule has 1 amide bonds. The standard InChI is InChI=1S/C26H28N6O3/c1-18(33)14-26(34)32-12-10-31(11-13-32)17-21-4-2-19-15-22(5-6-23(19)29-21)35-25-7-3-20(16-27-25)24-8-9-28-30-24/h2-9,15-16,18,33H,10-14,17H2,1H3,(H,28,30). The first-order chi connectivity index (χ1) is 17.0. The minimum atomic E-state index is -0.599. The lowest BCUT2D eigenvalue weighted by Crippen LogP contribution is -2.48. The van der Waals surface area contributed by atoms with Gasteiger partial charge < -0.3 is 14.7 Å². The first-order valence-corrected chi connectivity index (χ1v) is 11.7. The lowest BCUT2D eigenvalue weighted by molar-refractivity contribution is -0.134. The van der Waals surface area contributed by atoms with E-state index < -0.39 is 6.10 Å². The van der Waals surface area contributed by atoms with Crippen molar-refractivity contribution in [1.29, 1.82) is 0 Å². The first kappa shape index (κ1) is 22.9. The fourth-order valence-corrected chi connectivity index (χ4v) is 4.20. The molecule has 1 aliphatic rings. The number of aromatic nitrogens is 4. The summed E-state index contributed by atoms with van der Waals surface area (Å²) in [4.78, 5) is 25.5. The highest BCUT2D eigenvalue weighted by Crippen LogP contribution is 2.26. The maximum Gasteiger partial charge on any atom is 0.225 e. The van der Waals surface area contributed by atoms with Gasteiger partial charge in [0.05, 0.1) is 29.4 Å². The van der Waals surface area contributed by atoms with Crippen molar-refractivity contribution in [3.8, 4) is 22.9 Å². The molecular weight excluding hydrogens is 444 g/mol. The third kappa shape index (κ3) is 5.64. The monoisotopic (exact) mass is 472 g/mol. The van der Waals surface area contributed by atoms with Crippen molar-refractivity contribution in [3.63, 3.8) is 0 Å². The van der Waals surface area contributed by atoms with Crippen LogP contribution < -0.4 is 4.74 Å². The zero-order valence-electron chi connectivity index (χ0n) is 19.6. The van der Waals surface area contributed by atoms with Crippen LogP contribution in [-0.4, -0.2) is 73.3 Å². The Morgan fingerprint density at radius 1 is 1.11 bits per heavy atom. The number of nitrogens with one attached hydrogen (secondary N) is 1. The molecule has 1 fully saturated rings. The molecule has 0 spiro atoms. The van der Waals surface area contributed by atoms with Gasteiger partial charge in [-0.15, -0.1) is 0 Å². The van der Waals surface area contributed by atoms with Gasteiger partial charge in [-0.25, -0.2) is 4.98 Å². The molecule has 9 heteroatoms. The Balaban J connectivity index is 1.19. The minimum Gasteiger partial charge on any atom is -0.439 e. The number of carbonyl (C=O) groups excluding carboxylic acids is 1. The van der Waals surface area contributed by atoms with Crippen LogP contribution in [0.2, 0.25) is 0 Å². The van der Waals surface area contributed by atoms with E-state index in [4.69, 9.17) is 9.72 Å². The van der Waals surface area contributed by atoms with Crippen LogP contribution in [0.3, 0.4) is 0 Å². The van der Waals surface area contributed by atoms with E-state index in [-0.39, 0.29) is 12.3 Å². The van der Waals surface area contributed by atoms with Crippen LogP contribution in [0.15, 0.2) is 60.9 Å².